The van der Waals surface area contributed by atoms with Gasteiger partial charge >= 0.3 is 0 Å². The van der Waals surface area contributed by atoms with Crippen molar-refractivity contribution in [1.29, 1.82) is 0 Å². The Morgan fingerprint density at radius 2 is 1.61 bits per heavy atom. The van der Waals surface area contributed by atoms with Crippen molar-refractivity contribution in [2.24, 2.45) is 0 Å². The van der Waals surface area contributed by atoms with Gasteiger partial charge in [0.25, 0.3) is 5.91 Å². The second kappa shape index (κ2) is 10.9. The largest absolute Gasteiger partial charge is 0.345 e. The Morgan fingerprint density at radius 1 is 0.939 bits per heavy atom. The van der Waals surface area contributed by atoms with Gasteiger partial charge in [0.15, 0.2) is 5.13 Å². The summed E-state index contributed by atoms with van der Waals surface area (Å²) in [5.74, 6) is -0.248. The van der Waals surface area contributed by atoms with Crippen molar-refractivity contribution in [1.82, 2.24) is 10.3 Å². The van der Waals surface area contributed by atoms with Crippen LogP contribution in [0, 0.1) is 0 Å². The van der Waals surface area contributed by atoms with E-state index in [1.54, 1.807) is 17.0 Å². The minimum Gasteiger partial charge on any atom is -0.345 e. The van der Waals surface area contributed by atoms with Crippen molar-refractivity contribution in [2.45, 2.75) is 32.2 Å². The zero-order chi connectivity index (χ0) is 23.0. The molecule has 5 nitrogen and oxygen atoms in total. The highest BCUT2D eigenvalue weighted by molar-refractivity contribution is 7.22. The van der Waals surface area contributed by atoms with Crippen molar-refractivity contribution in [3.05, 3.63) is 96.1 Å². The maximum absolute atomic E-state index is 13.6. The Morgan fingerprint density at radius 3 is 2.30 bits per heavy atom. The van der Waals surface area contributed by atoms with Crippen molar-refractivity contribution < 1.29 is 9.59 Å². The number of nitrogens with one attached hydrogen (secondary N) is 1. The second-order valence-electron chi connectivity index (χ2n) is 7.87. The molecule has 0 spiro atoms. The standard InChI is InChI=1S/C27H27N3O2S/c1-2-3-18-30(27-29-22-16-10-11-17-24(22)33-27)25(31)19-23(20-12-6-4-7-13-20)28-26(32)21-14-8-5-9-15-21/h4-17,23H,2-3,18-19H2,1H3,(H,28,32)/t23-/m1/s1. The third-order valence-corrected chi connectivity index (χ3v) is 6.53. The lowest BCUT2D eigenvalue weighted by atomic mass is 10.0. The number of nitrogens with zero attached hydrogens (tertiary/aromatic N) is 2. The first-order chi connectivity index (χ1) is 16.2. The summed E-state index contributed by atoms with van der Waals surface area (Å²) in [4.78, 5) is 33.0. The minimum atomic E-state index is -0.440. The van der Waals surface area contributed by atoms with Crippen LogP contribution in [-0.4, -0.2) is 23.3 Å². The molecular weight excluding hydrogens is 430 g/mol. The molecule has 0 aliphatic rings. The molecule has 1 aromatic heterocycles. The molecule has 1 heterocycles. The maximum atomic E-state index is 13.6. The summed E-state index contributed by atoms with van der Waals surface area (Å²) in [5, 5.41) is 3.77. The number of para-hydroxylation sites is 1. The fourth-order valence-corrected chi connectivity index (χ4v) is 4.68. The van der Waals surface area contributed by atoms with E-state index >= 15 is 0 Å². The number of carbonyl (C=O) groups excluding carboxylic acids is 2. The molecule has 168 valence electrons. The van der Waals surface area contributed by atoms with E-state index in [1.165, 1.54) is 11.3 Å². The fraction of sp³-hybridized carbons (Fsp3) is 0.222. The molecule has 1 N–H and O–H groups in total. The van der Waals surface area contributed by atoms with E-state index in [2.05, 4.69) is 12.2 Å². The summed E-state index contributed by atoms with van der Waals surface area (Å²) in [6.07, 6.45) is 2.01. The molecule has 0 saturated heterocycles. The van der Waals surface area contributed by atoms with E-state index < -0.39 is 6.04 Å². The smallest absolute Gasteiger partial charge is 0.251 e. The summed E-state index contributed by atoms with van der Waals surface area (Å²) >= 11 is 1.52. The van der Waals surface area contributed by atoms with Crippen molar-refractivity contribution in [3.8, 4) is 0 Å². The average molecular weight is 458 g/mol. The molecule has 33 heavy (non-hydrogen) atoms. The van der Waals surface area contributed by atoms with Crippen molar-refractivity contribution in [3.63, 3.8) is 0 Å². The van der Waals surface area contributed by atoms with Gasteiger partial charge in [-0.2, -0.15) is 0 Å². The van der Waals surface area contributed by atoms with Crippen LogP contribution in [0.25, 0.3) is 10.2 Å². The van der Waals surface area contributed by atoms with Gasteiger partial charge in [0.1, 0.15) is 0 Å². The lowest BCUT2D eigenvalue weighted by Crippen LogP contribution is -2.37. The zero-order valence-electron chi connectivity index (χ0n) is 18.6. The monoisotopic (exact) mass is 457 g/mol. The van der Waals surface area contributed by atoms with Gasteiger partial charge < -0.3 is 5.32 Å². The zero-order valence-corrected chi connectivity index (χ0v) is 19.4. The van der Waals surface area contributed by atoms with E-state index in [9.17, 15) is 9.59 Å². The topological polar surface area (TPSA) is 62.3 Å². The summed E-state index contributed by atoms with van der Waals surface area (Å²) in [6.45, 7) is 2.71. The molecule has 6 heteroatoms. The van der Waals surface area contributed by atoms with Gasteiger partial charge in [-0.25, -0.2) is 4.98 Å². The molecular formula is C27H27N3O2S. The van der Waals surface area contributed by atoms with E-state index in [4.69, 9.17) is 4.98 Å². The highest BCUT2D eigenvalue weighted by atomic mass is 32.1. The summed E-state index contributed by atoms with van der Waals surface area (Å²) < 4.78 is 1.05. The van der Waals surface area contributed by atoms with Gasteiger partial charge in [-0.15, -0.1) is 0 Å². The van der Waals surface area contributed by atoms with Crippen LogP contribution in [0.1, 0.15) is 48.1 Å². The molecule has 4 rings (SSSR count). The number of thiazole rings is 1. The van der Waals surface area contributed by atoms with Gasteiger partial charge in [-0.05, 0) is 36.2 Å². The highest BCUT2D eigenvalue weighted by Gasteiger charge is 2.25. The number of anilines is 1. The number of amides is 2. The van der Waals surface area contributed by atoms with E-state index in [-0.39, 0.29) is 18.2 Å². The van der Waals surface area contributed by atoms with Crippen molar-refractivity contribution in [2.75, 3.05) is 11.4 Å². The number of rotatable bonds is 9. The quantitative estimate of drug-likeness (QED) is 0.336. The third kappa shape index (κ3) is 5.65. The molecule has 3 aromatic carbocycles. The van der Waals surface area contributed by atoms with Crippen molar-refractivity contribution >= 4 is 38.5 Å². The Kier molecular flexibility index (Phi) is 7.47. The lowest BCUT2D eigenvalue weighted by molar-refractivity contribution is -0.119. The van der Waals surface area contributed by atoms with Gasteiger partial charge in [-0.1, -0.05) is 85.3 Å². The van der Waals surface area contributed by atoms with E-state index in [1.807, 2.05) is 72.8 Å². The van der Waals surface area contributed by atoms with Crippen LogP contribution >= 0.6 is 11.3 Å². The second-order valence-corrected chi connectivity index (χ2v) is 8.88. The Labute approximate surface area is 198 Å². The summed E-state index contributed by atoms with van der Waals surface area (Å²) in [6, 6.07) is 26.2. The van der Waals surface area contributed by atoms with Crippen LogP contribution in [0.3, 0.4) is 0 Å². The first kappa shape index (κ1) is 22.7. The predicted octanol–water partition coefficient (Wildman–Crippen LogP) is 5.99. The first-order valence-electron chi connectivity index (χ1n) is 11.2. The maximum Gasteiger partial charge on any atom is 0.251 e. The van der Waals surface area contributed by atoms with E-state index in [0.29, 0.717) is 17.2 Å². The minimum absolute atomic E-state index is 0.0512. The number of benzene rings is 3. The molecule has 0 fully saturated rings. The number of unbranched alkanes of at least 4 members (excludes halogenated alkanes) is 1. The van der Waals surface area contributed by atoms with Gasteiger partial charge in [0.2, 0.25) is 5.91 Å². The van der Waals surface area contributed by atoms with Gasteiger partial charge in [0.05, 0.1) is 22.7 Å². The van der Waals surface area contributed by atoms with Gasteiger partial charge in [-0.3, -0.25) is 14.5 Å². The Hall–Kier alpha value is -3.51. The molecule has 1 atom stereocenters. The van der Waals surface area contributed by atoms with Crippen LogP contribution in [0.15, 0.2) is 84.9 Å². The molecule has 0 aliphatic carbocycles. The normalized spacial score (nSPS) is 11.8. The number of aromatic nitrogens is 1. The molecule has 0 unspecified atom stereocenters. The Bertz CT molecular complexity index is 1170. The molecule has 0 saturated carbocycles. The van der Waals surface area contributed by atoms with Crippen LogP contribution < -0.4 is 10.2 Å². The third-order valence-electron chi connectivity index (χ3n) is 5.47. The van der Waals surface area contributed by atoms with Crippen LogP contribution in [0.5, 0.6) is 0 Å². The van der Waals surface area contributed by atoms with Crippen LogP contribution in [-0.2, 0) is 4.79 Å². The molecule has 2 amide bonds. The predicted molar refractivity (Wildman–Crippen MR) is 135 cm³/mol. The highest BCUT2D eigenvalue weighted by Crippen LogP contribution is 2.30. The summed E-state index contributed by atoms with van der Waals surface area (Å²) in [7, 11) is 0. The molecule has 0 radical (unpaired) electrons. The lowest BCUT2D eigenvalue weighted by Gasteiger charge is -2.24. The molecule has 0 aliphatic heterocycles. The SMILES string of the molecule is CCCCN(C(=O)C[C@@H](NC(=O)c1ccccc1)c1ccccc1)c1nc2ccccc2s1. The first-order valence-corrected chi connectivity index (χ1v) is 12.0. The van der Waals surface area contributed by atoms with Crippen LogP contribution in [0.2, 0.25) is 0 Å². The van der Waals surface area contributed by atoms with E-state index in [0.717, 1.165) is 28.6 Å². The van der Waals surface area contributed by atoms with Gasteiger partial charge in [0, 0.05) is 12.1 Å². The Balaban J connectivity index is 1.59. The summed E-state index contributed by atoms with van der Waals surface area (Å²) in [5.41, 5.74) is 2.36. The average Bonchev–Trinajstić information content (AvgIpc) is 3.29. The number of carbonyl (C=O) groups is 2. The fourth-order valence-electron chi connectivity index (χ4n) is 3.67. The molecule has 4 aromatic rings. The number of fused-ring (bicyclic) bond motifs is 1. The molecule has 0 bridgehead atoms. The van der Waals surface area contributed by atoms with Crippen LogP contribution in [0.4, 0.5) is 5.13 Å². The number of hydrogen-bond donors (Lipinski definition) is 1. The number of hydrogen-bond acceptors (Lipinski definition) is 4.